The van der Waals surface area contributed by atoms with Gasteiger partial charge in [0.1, 0.15) is 5.38 Å². The van der Waals surface area contributed by atoms with Gasteiger partial charge in [-0.1, -0.05) is 42.5 Å². The van der Waals surface area contributed by atoms with Gasteiger partial charge < -0.3 is 5.32 Å². The molecule has 0 saturated carbocycles. The Morgan fingerprint density at radius 2 is 1.79 bits per heavy atom. The fourth-order valence-electron chi connectivity index (χ4n) is 1.84. The number of rotatable bonds is 3. The second-order valence-electron chi connectivity index (χ2n) is 4.58. The number of nitrogens with one attached hydrogen (secondary N) is 1. The van der Waals surface area contributed by atoms with Crippen LogP contribution in [0.1, 0.15) is 22.1 Å². The fourth-order valence-corrected chi connectivity index (χ4v) is 2.04. The highest BCUT2D eigenvalue weighted by molar-refractivity contribution is 6.32. The summed E-state index contributed by atoms with van der Waals surface area (Å²) >= 11 is 6.19. The molecule has 0 spiro atoms. The largest absolute Gasteiger partial charge is 0.324 e. The summed E-state index contributed by atoms with van der Waals surface area (Å²) in [6.45, 7) is 3.95. The first-order chi connectivity index (χ1) is 9.08. The zero-order chi connectivity index (χ0) is 13.8. The molecule has 1 amide bonds. The minimum atomic E-state index is -0.680. The van der Waals surface area contributed by atoms with Crippen LogP contribution in [-0.4, -0.2) is 5.91 Å². The molecule has 0 aromatic heterocycles. The van der Waals surface area contributed by atoms with Crippen molar-refractivity contribution in [3.63, 3.8) is 0 Å². The van der Waals surface area contributed by atoms with Crippen molar-refractivity contribution in [2.75, 3.05) is 5.32 Å². The maximum Gasteiger partial charge on any atom is 0.246 e. The predicted molar refractivity (Wildman–Crippen MR) is 79.6 cm³/mol. The number of hydrogen-bond donors (Lipinski definition) is 1. The van der Waals surface area contributed by atoms with Crippen molar-refractivity contribution in [3.05, 3.63) is 65.2 Å². The second-order valence-corrected chi connectivity index (χ2v) is 5.02. The molecule has 0 unspecified atom stereocenters. The molecule has 2 aromatic rings. The van der Waals surface area contributed by atoms with Crippen LogP contribution in [0.3, 0.4) is 0 Å². The van der Waals surface area contributed by atoms with Gasteiger partial charge in [0, 0.05) is 5.69 Å². The Kier molecular flexibility index (Phi) is 4.23. The molecular formula is C16H16ClNO. The number of halogens is 1. The summed E-state index contributed by atoms with van der Waals surface area (Å²) in [4.78, 5) is 12.1. The first-order valence-corrected chi connectivity index (χ1v) is 6.58. The molecule has 0 aliphatic carbocycles. The number of carbonyl (C=O) groups is 1. The lowest BCUT2D eigenvalue weighted by Crippen LogP contribution is -2.18. The molecule has 0 fully saturated rings. The van der Waals surface area contributed by atoms with Crippen LogP contribution in [-0.2, 0) is 4.79 Å². The number of hydrogen-bond acceptors (Lipinski definition) is 1. The zero-order valence-corrected chi connectivity index (χ0v) is 11.7. The van der Waals surface area contributed by atoms with E-state index in [1.165, 1.54) is 0 Å². The maximum atomic E-state index is 12.1. The summed E-state index contributed by atoms with van der Waals surface area (Å²) in [5.74, 6) is -0.207. The molecule has 0 saturated heterocycles. The molecule has 98 valence electrons. The molecule has 2 nitrogen and oxygen atoms in total. The van der Waals surface area contributed by atoms with E-state index in [0.717, 1.165) is 22.4 Å². The van der Waals surface area contributed by atoms with Gasteiger partial charge in [0.05, 0.1) is 0 Å². The van der Waals surface area contributed by atoms with E-state index in [1.54, 1.807) is 0 Å². The number of alkyl halides is 1. The number of carbonyl (C=O) groups excluding carboxylic acids is 1. The SMILES string of the molecule is Cc1ccc(C)c(NC(=O)[C@@H](Cl)c2ccccc2)c1. The van der Waals surface area contributed by atoms with Crippen LogP contribution in [0, 0.1) is 13.8 Å². The van der Waals surface area contributed by atoms with Gasteiger partial charge in [0.2, 0.25) is 5.91 Å². The molecular weight excluding hydrogens is 258 g/mol. The lowest BCUT2D eigenvalue weighted by molar-refractivity contribution is -0.116. The average molecular weight is 274 g/mol. The van der Waals surface area contributed by atoms with Gasteiger partial charge in [-0.25, -0.2) is 0 Å². The van der Waals surface area contributed by atoms with Gasteiger partial charge in [-0.2, -0.15) is 0 Å². The van der Waals surface area contributed by atoms with Crippen molar-refractivity contribution >= 4 is 23.2 Å². The van der Waals surface area contributed by atoms with Crippen LogP contribution >= 0.6 is 11.6 Å². The Hall–Kier alpha value is -1.80. The third kappa shape index (κ3) is 3.36. The lowest BCUT2D eigenvalue weighted by atomic mass is 10.1. The standard InChI is InChI=1S/C16H16ClNO/c1-11-8-9-12(2)14(10-11)18-16(19)15(17)13-6-4-3-5-7-13/h3-10,15H,1-2H3,(H,18,19)/t15-/m0/s1. The summed E-state index contributed by atoms with van der Waals surface area (Å²) < 4.78 is 0. The van der Waals surface area contributed by atoms with E-state index < -0.39 is 5.38 Å². The smallest absolute Gasteiger partial charge is 0.246 e. The van der Waals surface area contributed by atoms with Crippen LogP contribution in [0.4, 0.5) is 5.69 Å². The number of amides is 1. The third-order valence-corrected chi connectivity index (χ3v) is 3.42. The summed E-state index contributed by atoms with van der Waals surface area (Å²) in [7, 11) is 0. The summed E-state index contributed by atoms with van der Waals surface area (Å²) in [6.07, 6.45) is 0. The third-order valence-electron chi connectivity index (χ3n) is 2.97. The molecule has 1 N–H and O–H groups in total. The topological polar surface area (TPSA) is 29.1 Å². The molecule has 3 heteroatoms. The van der Waals surface area contributed by atoms with Crippen LogP contribution in [0.25, 0.3) is 0 Å². The van der Waals surface area contributed by atoms with Gasteiger partial charge in [-0.3, -0.25) is 4.79 Å². The average Bonchev–Trinajstić information content (AvgIpc) is 2.43. The number of anilines is 1. The van der Waals surface area contributed by atoms with E-state index in [0.29, 0.717) is 0 Å². The highest BCUT2D eigenvalue weighted by atomic mass is 35.5. The van der Waals surface area contributed by atoms with Gasteiger partial charge >= 0.3 is 0 Å². The van der Waals surface area contributed by atoms with Crippen molar-refractivity contribution < 1.29 is 4.79 Å². The fraction of sp³-hybridized carbons (Fsp3) is 0.188. The Morgan fingerprint density at radius 3 is 2.47 bits per heavy atom. The molecule has 0 aliphatic heterocycles. The Morgan fingerprint density at radius 1 is 1.11 bits per heavy atom. The second kappa shape index (κ2) is 5.89. The molecule has 0 heterocycles. The summed E-state index contributed by atoms with van der Waals surface area (Å²) in [5.41, 5.74) is 3.74. The van der Waals surface area contributed by atoms with Gasteiger partial charge in [0.25, 0.3) is 0 Å². The van der Waals surface area contributed by atoms with Gasteiger partial charge in [0.15, 0.2) is 0 Å². The van der Waals surface area contributed by atoms with Crippen LogP contribution in [0.15, 0.2) is 48.5 Å². The van der Waals surface area contributed by atoms with Crippen molar-refractivity contribution in [2.45, 2.75) is 19.2 Å². The normalized spacial score (nSPS) is 11.9. The van der Waals surface area contributed by atoms with E-state index in [4.69, 9.17) is 11.6 Å². The van der Waals surface area contributed by atoms with Crippen molar-refractivity contribution in [2.24, 2.45) is 0 Å². The Balaban J connectivity index is 2.15. The Bertz CT molecular complexity index is 581. The van der Waals surface area contributed by atoms with Gasteiger partial charge in [-0.05, 0) is 36.6 Å². The molecule has 19 heavy (non-hydrogen) atoms. The van der Waals surface area contributed by atoms with E-state index in [9.17, 15) is 4.79 Å². The van der Waals surface area contributed by atoms with E-state index in [-0.39, 0.29) is 5.91 Å². The van der Waals surface area contributed by atoms with Crippen LogP contribution in [0.2, 0.25) is 0 Å². The molecule has 0 bridgehead atoms. The predicted octanol–water partition coefficient (Wildman–Crippen LogP) is 4.22. The lowest BCUT2D eigenvalue weighted by Gasteiger charge is -2.13. The molecule has 0 aliphatic rings. The van der Waals surface area contributed by atoms with Crippen LogP contribution < -0.4 is 5.32 Å². The first kappa shape index (κ1) is 13.6. The van der Waals surface area contributed by atoms with E-state index in [1.807, 2.05) is 62.4 Å². The summed E-state index contributed by atoms with van der Waals surface area (Å²) in [5, 5.41) is 2.20. The monoisotopic (exact) mass is 273 g/mol. The van der Waals surface area contributed by atoms with Crippen molar-refractivity contribution in [3.8, 4) is 0 Å². The highest BCUT2D eigenvalue weighted by Crippen LogP contribution is 2.24. The number of aryl methyl sites for hydroxylation is 2. The number of benzene rings is 2. The Labute approximate surface area is 118 Å². The summed E-state index contributed by atoms with van der Waals surface area (Å²) in [6, 6.07) is 15.3. The van der Waals surface area contributed by atoms with E-state index >= 15 is 0 Å². The van der Waals surface area contributed by atoms with Crippen molar-refractivity contribution in [1.82, 2.24) is 0 Å². The molecule has 1 atom stereocenters. The molecule has 2 aromatic carbocycles. The maximum absolute atomic E-state index is 12.1. The minimum absolute atomic E-state index is 0.207. The first-order valence-electron chi connectivity index (χ1n) is 6.15. The quantitative estimate of drug-likeness (QED) is 0.834. The van der Waals surface area contributed by atoms with Crippen LogP contribution in [0.5, 0.6) is 0 Å². The molecule has 0 radical (unpaired) electrons. The highest BCUT2D eigenvalue weighted by Gasteiger charge is 2.17. The van der Waals surface area contributed by atoms with E-state index in [2.05, 4.69) is 5.32 Å². The molecule has 2 rings (SSSR count). The zero-order valence-electron chi connectivity index (χ0n) is 11.0. The van der Waals surface area contributed by atoms with Crippen molar-refractivity contribution in [1.29, 1.82) is 0 Å². The van der Waals surface area contributed by atoms with Gasteiger partial charge in [-0.15, -0.1) is 11.6 Å². The minimum Gasteiger partial charge on any atom is -0.324 e.